The van der Waals surface area contributed by atoms with Crippen molar-refractivity contribution in [3.05, 3.63) is 24.3 Å². The van der Waals surface area contributed by atoms with Gasteiger partial charge in [0, 0.05) is 11.7 Å². The van der Waals surface area contributed by atoms with Crippen molar-refractivity contribution in [1.29, 1.82) is 0 Å². The van der Waals surface area contributed by atoms with Crippen LogP contribution in [-0.4, -0.2) is 19.6 Å². The molecule has 0 spiro atoms. The molecule has 116 valence electrons. The summed E-state index contributed by atoms with van der Waals surface area (Å²) in [5.74, 6) is 0.614. The Morgan fingerprint density at radius 3 is 2.43 bits per heavy atom. The summed E-state index contributed by atoms with van der Waals surface area (Å²) < 4.78 is 22.4. The van der Waals surface area contributed by atoms with E-state index in [1.54, 1.807) is 12.1 Å². The zero-order chi connectivity index (χ0) is 15.5. The van der Waals surface area contributed by atoms with Gasteiger partial charge in [0.2, 0.25) is 10.0 Å². The third-order valence-electron chi connectivity index (χ3n) is 3.87. The second-order valence-corrected chi connectivity index (χ2v) is 7.51. The van der Waals surface area contributed by atoms with Crippen LogP contribution in [0.25, 0.3) is 0 Å². The molecule has 1 aliphatic rings. The molecule has 2 atom stereocenters. The molecule has 21 heavy (non-hydrogen) atoms. The minimum Gasteiger partial charge on any atom is -0.359 e. The smallest absolute Gasteiger partial charge is 0.238 e. The van der Waals surface area contributed by atoms with E-state index < -0.39 is 10.0 Å². The lowest BCUT2D eigenvalue weighted by Crippen LogP contribution is -2.43. The monoisotopic (exact) mass is 327 g/mol. The molecule has 0 unspecified atom stereocenters. The van der Waals surface area contributed by atoms with Crippen molar-refractivity contribution in [2.75, 3.05) is 5.32 Å². The van der Waals surface area contributed by atoms with E-state index in [1.807, 2.05) is 0 Å². The van der Waals surface area contributed by atoms with Crippen LogP contribution in [0.1, 0.15) is 32.6 Å². The SMILES string of the molecule is C[C@H]1CCCC[C@H]1NC(=S)Nc1ccc(S(N)(=O)=O)cc1. The van der Waals surface area contributed by atoms with Gasteiger partial charge < -0.3 is 10.6 Å². The zero-order valence-electron chi connectivity index (χ0n) is 12.0. The highest BCUT2D eigenvalue weighted by Crippen LogP contribution is 2.23. The van der Waals surface area contributed by atoms with Gasteiger partial charge in [-0.25, -0.2) is 13.6 Å². The molecule has 2 rings (SSSR count). The summed E-state index contributed by atoms with van der Waals surface area (Å²) >= 11 is 5.31. The van der Waals surface area contributed by atoms with Crippen molar-refractivity contribution in [2.24, 2.45) is 11.1 Å². The molecule has 0 bridgehead atoms. The van der Waals surface area contributed by atoms with Gasteiger partial charge in [-0.1, -0.05) is 19.8 Å². The fraction of sp³-hybridized carbons (Fsp3) is 0.500. The van der Waals surface area contributed by atoms with Crippen LogP contribution in [0.15, 0.2) is 29.2 Å². The predicted octanol–water partition coefficient (Wildman–Crippen LogP) is 2.20. The van der Waals surface area contributed by atoms with Crippen LogP contribution >= 0.6 is 12.2 Å². The zero-order valence-corrected chi connectivity index (χ0v) is 13.6. The molecule has 0 aliphatic heterocycles. The number of rotatable bonds is 3. The lowest BCUT2D eigenvalue weighted by Gasteiger charge is -2.30. The Labute approximate surface area is 131 Å². The Kier molecular flexibility index (Phi) is 5.18. The van der Waals surface area contributed by atoms with E-state index in [9.17, 15) is 8.42 Å². The van der Waals surface area contributed by atoms with Gasteiger partial charge in [0.25, 0.3) is 0 Å². The second kappa shape index (κ2) is 6.72. The maximum Gasteiger partial charge on any atom is 0.238 e. The van der Waals surface area contributed by atoms with Gasteiger partial charge >= 0.3 is 0 Å². The minimum atomic E-state index is -3.65. The number of primary sulfonamides is 1. The molecule has 0 radical (unpaired) electrons. The Hall–Kier alpha value is -1.18. The normalized spacial score (nSPS) is 22.6. The standard InChI is InChI=1S/C14H21N3O2S2/c1-10-4-2-3-5-13(10)17-14(20)16-11-6-8-12(9-7-11)21(15,18)19/h6-10,13H,2-5H2,1H3,(H2,15,18,19)(H2,16,17,20)/t10-,13+/m0/s1. The molecule has 1 aromatic rings. The van der Waals surface area contributed by atoms with E-state index in [0.29, 0.717) is 17.1 Å². The van der Waals surface area contributed by atoms with Gasteiger partial charge in [0.1, 0.15) is 0 Å². The summed E-state index contributed by atoms with van der Waals surface area (Å²) in [4.78, 5) is 0.0906. The first-order chi connectivity index (χ1) is 9.86. The number of nitrogens with two attached hydrogens (primary N) is 1. The van der Waals surface area contributed by atoms with E-state index in [-0.39, 0.29) is 4.90 Å². The molecule has 1 aliphatic carbocycles. The molecule has 1 fully saturated rings. The van der Waals surface area contributed by atoms with Gasteiger partial charge in [-0.3, -0.25) is 0 Å². The summed E-state index contributed by atoms with van der Waals surface area (Å²) in [5, 5.41) is 12.0. The summed E-state index contributed by atoms with van der Waals surface area (Å²) in [7, 11) is -3.65. The number of nitrogens with one attached hydrogen (secondary N) is 2. The van der Waals surface area contributed by atoms with E-state index in [1.165, 1.54) is 31.4 Å². The number of hydrogen-bond acceptors (Lipinski definition) is 3. The Bertz CT molecular complexity index is 599. The van der Waals surface area contributed by atoms with Crippen molar-refractivity contribution in [2.45, 2.75) is 43.5 Å². The van der Waals surface area contributed by atoms with E-state index >= 15 is 0 Å². The van der Waals surface area contributed by atoms with Gasteiger partial charge in [-0.2, -0.15) is 0 Å². The third-order valence-corrected chi connectivity index (χ3v) is 5.02. The summed E-state index contributed by atoms with van der Waals surface area (Å²) in [5.41, 5.74) is 0.739. The first kappa shape index (κ1) is 16.2. The van der Waals surface area contributed by atoms with E-state index in [2.05, 4.69) is 17.6 Å². The number of sulfonamides is 1. The Balaban J connectivity index is 1.93. The summed E-state index contributed by atoms with van der Waals surface area (Å²) in [6, 6.07) is 6.63. The van der Waals surface area contributed by atoms with E-state index in [0.717, 1.165) is 12.1 Å². The lowest BCUT2D eigenvalue weighted by molar-refractivity contribution is 0.309. The Morgan fingerprint density at radius 1 is 1.24 bits per heavy atom. The predicted molar refractivity (Wildman–Crippen MR) is 88.6 cm³/mol. The number of hydrogen-bond donors (Lipinski definition) is 3. The minimum absolute atomic E-state index is 0.0906. The van der Waals surface area contributed by atoms with Crippen molar-refractivity contribution >= 4 is 33.0 Å². The van der Waals surface area contributed by atoms with Crippen LogP contribution in [-0.2, 0) is 10.0 Å². The van der Waals surface area contributed by atoms with Crippen molar-refractivity contribution in [3.8, 4) is 0 Å². The van der Waals surface area contributed by atoms with Crippen LogP contribution in [0.2, 0.25) is 0 Å². The van der Waals surface area contributed by atoms with Crippen molar-refractivity contribution in [1.82, 2.24) is 5.32 Å². The molecule has 0 saturated heterocycles. The molecule has 0 amide bonds. The number of benzene rings is 1. The lowest BCUT2D eigenvalue weighted by atomic mass is 9.86. The van der Waals surface area contributed by atoms with Gasteiger partial charge in [0.15, 0.2) is 5.11 Å². The fourth-order valence-corrected chi connectivity index (χ4v) is 3.38. The first-order valence-electron chi connectivity index (χ1n) is 7.06. The van der Waals surface area contributed by atoms with Crippen molar-refractivity contribution < 1.29 is 8.42 Å². The summed E-state index contributed by atoms with van der Waals surface area (Å²) in [6.45, 7) is 2.24. The third kappa shape index (κ3) is 4.66. The fourth-order valence-electron chi connectivity index (χ4n) is 2.59. The van der Waals surface area contributed by atoms with Crippen LogP contribution < -0.4 is 15.8 Å². The highest BCUT2D eigenvalue weighted by atomic mass is 32.2. The van der Waals surface area contributed by atoms with Gasteiger partial charge in [-0.05, 0) is 55.2 Å². The van der Waals surface area contributed by atoms with Gasteiger partial charge in [0.05, 0.1) is 4.90 Å². The van der Waals surface area contributed by atoms with Crippen LogP contribution in [0.5, 0.6) is 0 Å². The highest BCUT2D eigenvalue weighted by molar-refractivity contribution is 7.89. The van der Waals surface area contributed by atoms with Gasteiger partial charge in [-0.15, -0.1) is 0 Å². The Morgan fingerprint density at radius 2 is 1.86 bits per heavy atom. The maximum atomic E-state index is 11.2. The number of thiocarbonyl (C=S) groups is 1. The second-order valence-electron chi connectivity index (χ2n) is 5.54. The summed E-state index contributed by atoms with van der Waals surface area (Å²) in [6.07, 6.45) is 4.87. The van der Waals surface area contributed by atoms with Crippen LogP contribution in [0, 0.1) is 5.92 Å². The molecular weight excluding hydrogens is 306 g/mol. The van der Waals surface area contributed by atoms with E-state index in [4.69, 9.17) is 17.4 Å². The average molecular weight is 327 g/mol. The molecule has 5 nitrogen and oxygen atoms in total. The molecule has 0 heterocycles. The van der Waals surface area contributed by atoms with Crippen molar-refractivity contribution in [3.63, 3.8) is 0 Å². The van der Waals surface area contributed by atoms with Crippen LogP contribution in [0.4, 0.5) is 5.69 Å². The molecule has 4 N–H and O–H groups in total. The molecule has 7 heteroatoms. The number of anilines is 1. The molecule has 1 saturated carbocycles. The quantitative estimate of drug-likeness (QED) is 0.741. The topological polar surface area (TPSA) is 84.2 Å². The molecular formula is C14H21N3O2S2. The first-order valence-corrected chi connectivity index (χ1v) is 9.02. The van der Waals surface area contributed by atoms with Crippen LogP contribution in [0.3, 0.4) is 0 Å². The highest BCUT2D eigenvalue weighted by Gasteiger charge is 2.21. The molecule has 0 aromatic heterocycles. The average Bonchev–Trinajstić information content (AvgIpc) is 2.41. The largest absolute Gasteiger partial charge is 0.359 e. The molecule has 1 aromatic carbocycles. The maximum absolute atomic E-state index is 11.2.